The van der Waals surface area contributed by atoms with Gasteiger partial charge in [-0.2, -0.15) is 0 Å². The summed E-state index contributed by atoms with van der Waals surface area (Å²) in [6, 6.07) is 32.5. The Kier molecular flexibility index (Phi) is 5.19. The first-order valence-electron chi connectivity index (χ1n) is 11.2. The van der Waals surface area contributed by atoms with E-state index in [1.165, 1.54) is 33.4 Å². The van der Waals surface area contributed by atoms with Gasteiger partial charge in [0.25, 0.3) is 0 Å². The van der Waals surface area contributed by atoms with Gasteiger partial charge in [0.05, 0.1) is 0 Å². The van der Waals surface area contributed by atoms with Crippen LogP contribution in [0.4, 0.5) is 0 Å². The molecule has 0 aliphatic heterocycles. The van der Waals surface area contributed by atoms with Crippen molar-refractivity contribution in [3.63, 3.8) is 0 Å². The molecule has 0 N–H and O–H groups in total. The second-order valence-electron chi connectivity index (χ2n) is 9.67. The maximum Gasteiger partial charge on any atom is 0.0292 e. The molecule has 2 aliphatic rings. The Bertz CT molecular complexity index is 1240. The zero-order chi connectivity index (χ0) is 21.1. The standard InChI is InChI=1S/C30H26N.Ir/c1-29(2)16-17-30(27-20-23(14-15-26(27)29)28-13-7-8-18-31-28)24-11-5-3-9-21(24)19-22-10-4-6-12-25(22)30;/h3-13,15,18,20H,16-17,19H2,1-2H3;/q-1;. The Morgan fingerprint density at radius 1 is 0.750 bits per heavy atom. The van der Waals surface area contributed by atoms with Crippen molar-refractivity contribution in [1.82, 2.24) is 4.98 Å². The van der Waals surface area contributed by atoms with Gasteiger partial charge in [0.15, 0.2) is 0 Å². The van der Waals surface area contributed by atoms with Crippen LogP contribution in [0.15, 0.2) is 85.1 Å². The van der Waals surface area contributed by atoms with Crippen LogP contribution in [-0.4, -0.2) is 4.98 Å². The summed E-state index contributed by atoms with van der Waals surface area (Å²) in [6.45, 7) is 4.77. The van der Waals surface area contributed by atoms with Crippen molar-refractivity contribution in [3.8, 4) is 11.3 Å². The molecule has 4 aromatic rings. The summed E-state index contributed by atoms with van der Waals surface area (Å²) < 4.78 is 0. The van der Waals surface area contributed by atoms with Crippen LogP contribution < -0.4 is 0 Å². The average Bonchev–Trinajstić information content (AvgIpc) is 2.81. The number of aromatic nitrogens is 1. The molecule has 1 nitrogen and oxygen atoms in total. The summed E-state index contributed by atoms with van der Waals surface area (Å²) in [5.41, 5.74) is 10.8. The number of rotatable bonds is 1. The van der Waals surface area contributed by atoms with E-state index in [-0.39, 0.29) is 30.9 Å². The molecule has 0 amide bonds. The zero-order valence-electron chi connectivity index (χ0n) is 18.5. The Hall–Kier alpha value is -2.54. The van der Waals surface area contributed by atoms with Crippen LogP contribution >= 0.6 is 0 Å². The van der Waals surface area contributed by atoms with Gasteiger partial charge in [0.2, 0.25) is 0 Å². The normalized spacial score (nSPS) is 16.9. The van der Waals surface area contributed by atoms with Crippen molar-refractivity contribution in [2.75, 3.05) is 0 Å². The zero-order valence-corrected chi connectivity index (χ0v) is 20.9. The first-order valence-corrected chi connectivity index (χ1v) is 11.2. The maximum absolute atomic E-state index is 4.63. The molecule has 32 heavy (non-hydrogen) atoms. The largest absolute Gasteiger partial charge is 0.305 e. The van der Waals surface area contributed by atoms with Crippen molar-refractivity contribution in [2.45, 2.75) is 43.9 Å². The van der Waals surface area contributed by atoms with Gasteiger partial charge in [0, 0.05) is 31.7 Å². The number of hydrogen-bond donors (Lipinski definition) is 0. The van der Waals surface area contributed by atoms with Gasteiger partial charge in [0.1, 0.15) is 0 Å². The van der Waals surface area contributed by atoms with E-state index in [4.69, 9.17) is 0 Å². The first-order chi connectivity index (χ1) is 15.1. The third kappa shape index (κ3) is 3.04. The van der Waals surface area contributed by atoms with E-state index < -0.39 is 0 Å². The fourth-order valence-electron chi connectivity index (χ4n) is 5.94. The van der Waals surface area contributed by atoms with Gasteiger partial charge in [-0.3, -0.25) is 0 Å². The monoisotopic (exact) mass is 593 g/mol. The van der Waals surface area contributed by atoms with Crippen LogP contribution in [0.25, 0.3) is 11.3 Å². The van der Waals surface area contributed by atoms with Gasteiger partial charge in [-0.05, 0) is 52.3 Å². The Labute approximate surface area is 204 Å². The summed E-state index contributed by atoms with van der Waals surface area (Å²) in [7, 11) is 0. The minimum absolute atomic E-state index is 0. The Balaban J connectivity index is 0.00000216. The molecular formula is C30H26IrN-. The van der Waals surface area contributed by atoms with E-state index >= 15 is 0 Å². The second-order valence-corrected chi connectivity index (χ2v) is 9.67. The fraction of sp³-hybridized carbons (Fsp3) is 0.233. The van der Waals surface area contributed by atoms with Crippen LogP contribution in [0.5, 0.6) is 0 Å². The molecule has 0 atom stereocenters. The predicted octanol–water partition coefficient (Wildman–Crippen LogP) is 6.86. The maximum atomic E-state index is 4.63. The van der Waals surface area contributed by atoms with E-state index in [0.717, 1.165) is 30.5 Å². The van der Waals surface area contributed by atoms with Crippen molar-refractivity contribution in [3.05, 3.63) is 125 Å². The van der Waals surface area contributed by atoms with Gasteiger partial charge in [-0.1, -0.05) is 80.9 Å². The Morgan fingerprint density at radius 2 is 1.41 bits per heavy atom. The van der Waals surface area contributed by atoms with E-state index in [1.54, 1.807) is 0 Å². The van der Waals surface area contributed by atoms with Crippen molar-refractivity contribution in [1.29, 1.82) is 0 Å². The summed E-state index contributed by atoms with van der Waals surface area (Å²) in [6.07, 6.45) is 5.15. The third-order valence-corrected chi connectivity index (χ3v) is 7.54. The number of nitrogens with zero attached hydrogens (tertiary/aromatic N) is 1. The molecule has 0 bridgehead atoms. The van der Waals surface area contributed by atoms with Crippen LogP contribution in [0, 0.1) is 6.07 Å². The minimum atomic E-state index is -0.116. The van der Waals surface area contributed by atoms with Gasteiger partial charge in [-0.25, -0.2) is 0 Å². The van der Waals surface area contributed by atoms with Crippen molar-refractivity contribution < 1.29 is 20.1 Å². The number of fused-ring (bicyclic) bond motifs is 6. The number of benzene rings is 3. The molecular weight excluding hydrogens is 567 g/mol. The van der Waals surface area contributed by atoms with E-state index in [2.05, 4.69) is 97.7 Å². The molecule has 0 saturated carbocycles. The molecule has 1 heterocycles. The summed E-state index contributed by atoms with van der Waals surface area (Å²) in [5.74, 6) is 0. The summed E-state index contributed by atoms with van der Waals surface area (Å²) in [5, 5.41) is 0. The second kappa shape index (κ2) is 7.80. The molecule has 0 unspecified atom stereocenters. The smallest absolute Gasteiger partial charge is 0.0292 e. The van der Waals surface area contributed by atoms with E-state index in [0.29, 0.717) is 0 Å². The molecule has 2 heteroatoms. The topological polar surface area (TPSA) is 12.9 Å². The number of pyridine rings is 1. The molecule has 0 saturated heterocycles. The molecule has 0 fully saturated rings. The fourth-order valence-corrected chi connectivity index (χ4v) is 5.94. The van der Waals surface area contributed by atoms with Crippen LogP contribution in [0.3, 0.4) is 0 Å². The molecule has 1 spiro atoms. The first kappa shape index (κ1) is 21.3. The van der Waals surface area contributed by atoms with Gasteiger partial charge < -0.3 is 4.98 Å². The van der Waals surface area contributed by atoms with Gasteiger partial charge >= 0.3 is 0 Å². The third-order valence-electron chi connectivity index (χ3n) is 7.54. The van der Waals surface area contributed by atoms with Crippen LogP contribution in [0.2, 0.25) is 0 Å². The van der Waals surface area contributed by atoms with E-state index in [9.17, 15) is 0 Å². The molecule has 2 aliphatic carbocycles. The molecule has 1 aromatic heterocycles. The summed E-state index contributed by atoms with van der Waals surface area (Å²) in [4.78, 5) is 4.63. The average molecular weight is 593 g/mol. The van der Waals surface area contributed by atoms with Crippen molar-refractivity contribution in [2.24, 2.45) is 0 Å². The van der Waals surface area contributed by atoms with Gasteiger partial charge in [-0.15, -0.1) is 34.9 Å². The molecule has 6 rings (SSSR count). The summed E-state index contributed by atoms with van der Waals surface area (Å²) >= 11 is 0. The quantitative estimate of drug-likeness (QED) is 0.220. The SMILES string of the molecule is CC1(C)CCC2(c3ccccc3Cc3ccccc32)c2cc(-c3ccccn3)[c-]cc21.[Ir]. The minimum Gasteiger partial charge on any atom is -0.305 e. The number of hydrogen-bond acceptors (Lipinski definition) is 1. The van der Waals surface area contributed by atoms with Crippen LogP contribution in [-0.2, 0) is 37.4 Å². The van der Waals surface area contributed by atoms with E-state index in [1.807, 2.05) is 12.3 Å². The Morgan fingerprint density at radius 3 is 2.06 bits per heavy atom. The molecule has 3 aromatic carbocycles. The molecule has 161 valence electrons. The predicted molar refractivity (Wildman–Crippen MR) is 126 cm³/mol. The molecule has 1 radical (unpaired) electrons. The van der Waals surface area contributed by atoms with Crippen molar-refractivity contribution >= 4 is 0 Å². The van der Waals surface area contributed by atoms with Crippen LogP contribution in [0.1, 0.15) is 60.1 Å².